The number of hydrogen-bond donors (Lipinski definition) is 1. The van der Waals surface area contributed by atoms with Crippen molar-refractivity contribution < 1.29 is 0 Å². The van der Waals surface area contributed by atoms with E-state index in [9.17, 15) is 0 Å². The summed E-state index contributed by atoms with van der Waals surface area (Å²) in [5.74, 6) is 0. The van der Waals surface area contributed by atoms with Gasteiger partial charge in [0.15, 0.2) is 0 Å². The zero-order valence-electron chi connectivity index (χ0n) is 10.3. The Bertz CT molecular complexity index is 65.5. The largest absolute Gasteiger partial charge is 0.315 e. The second-order valence-corrected chi connectivity index (χ2v) is 3.82. The van der Waals surface area contributed by atoms with Gasteiger partial charge in [-0.05, 0) is 13.0 Å². The van der Waals surface area contributed by atoms with Crippen LogP contribution >= 0.6 is 0 Å². The lowest BCUT2D eigenvalue weighted by Crippen LogP contribution is -2.22. The van der Waals surface area contributed by atoms with Gasteiger partial charge in [0.2, 0.25) is 0 Å². The minimum atomic E-state index is 0.653. The smallest absolute Gasteiger partial charge is 0.00103 e. The Kier molecular flexibility index (Phi) is 17.2. The Morgan fingerprint density at radius 1 is 0.846 bits per heavy atom. The zero-order chi connectivity index (χ0) is 10.5. The monoisotopic (exact) mass is 187 g/mol. The molecule has 1 heteroatoms. The highest BCUT2D eigenvalue weighted by Crippen LogP contribution is 1.95. The summed E-state index contributed by atoms with van der Waals surface area (Å²) in [7, 11) is 0. The molecule has 0 aliphatic carbocycles. The molecule has 0 aromatic rings. The molecule has 0 spiro atoms. The molecule has 0 aliphatic heterocycles. The van der Waals surface area contributed by atoms with Gasteiger partial charge in [-0.25, -0.2) is 0 Å². The average Bonchev–Trinajstić information content (AvgIpc) is 2.12. The summed E-state index contributed by atoms with van der Waals surface area (Å²) >= 11 is 0. The first-order valence-corrected chi connectivity index (χ1v) is 5.92. The van der Waals surface area contributed by atoms with Crippen LogP contribution in [0.3, 0.4) is 0 Å². The van der Waals surface area contributed by atoms with Crippen LogP contribution in [0.2, 0.25) is 0 Å². The van der Waals surface area contributed by atoms with E-state index in [1.807, 2.05) is 0 Å². The van der Waals surface area contributed by atoms with E-state index in [0.717, 1.165) is 6.54 Å². The molecule has 0 unspecified atom stereocenters. The fourth-order valence-corrected chi connectivity index (χ4v) is 0.933. The molecule has 0 saturated heterocycles. The van der Waals surface area contributed by atoms with E-state index in [-0.39, 0.29) is 0 Å². The molecule has 0 aliphatic rings. The summed E-state index contributed by atoms with van der Waals surface area (Å²) in [5, 5.41) is 3.30. The predicted molar refractivity (Wildman–Crippen MR) is 63.2 cm³/mol. The molecule has 82 valence electrons. The van der Waals surface area contributed by atoms with Crippen molar-refractivity contribution in [1.29, 1.82) is 0 Å². The molecule has 0 fully saturated rings. The van der Waals surface area contributed by atoms with E-state index in [4.69, 9.17) is 0 Å². The van der Waals surface area contributed by atoms with E-state index < -0.39 is 0 Å². The first kappa shape index (κ1) is 15.4. The van der Waals surface area contributed by atoms with Crippen LogP contribution in [0.1, 0.15) is 66.7 Å². The Balaban J connectivity index is 0. The molecule has 0 atom stereocenters. The van der Waals surface area contributed by atoms with E-state index in [0.29, 0.717) is 6.04 Å². The van der Waals surface area contributed by atoms with Crippen molar-refractivity contribution in [3.8, 4) is 0 Å². The molecule has 0 saturated carbocycles. The summed E-state index contributed by atoms with van der Waals surface area (Å²) in [4.78, 5) is 0. The van der Waals surface area contributed by atoms with Crippen molar-refractivity contribution in [3.63, 3.8) is 0 Å². The van der Waals surface area contributed by atoms with Gasteiger partial charge in [0, 0.05) is 6.04 Å². The van der Waals surface area contributed by atoms with E-state index in [2.05, 4.69) is 39.9 Å². The van der Waals surface area contributed by atoms with Gasteiger partial charge in [0.1, 0.15) is 0 Å². The van der Waals surface area contributed by atoms with Crippen LogP contribution in [0.4, 0.5) is 0 Å². The lowest BCUT2D eigenvalue weighted by Gasteiger charge is -2.03. The first-order valence-electron chi connectivity index (χ1n) is 5.92. The molecular formula is C12H29N. The normalized spacial score (nSPS) is 9.69. The second kappa shape index (κ2) is 14.5. The maximum Gasteiger partial charge on any atom is 0.00103 e. The molecule has 0 amide bonds. The van der Waals surface area contributed by atoms with E-state index >= 15 is 0 Å². The van der Waals surface area contributed by atoms with Crippen molar-refractivity contribution in [2.24, 2.45) is 0 Å². The highest BCUT2D eigenvalue weighted by Gasteiger charge is 1.85. The fourth-order valence-electron chi connectivity index (χ4n) is 0.933. The van der Waals surface area contributed by atoms with Crippen molar-refractivity contribution in [2.75, 3.05) is 6.54 Å². The molecule has 0 aromatic carbocycles. The lowest BCUT2D eigenvalue weighted by atomic mass is 10.2. The Hall–Kier alpha value is -0.0400. The maximum absolute atomic E-state index is 3.30. The number of unbranched alkanes of at least 4 members (excludes halogenated alkanes) is 3. The Morgan fingerprint density at radius 3 is 1.46 bits per heavy atom. The van der Waals surface area contributed by atoms with Crippen LogP contribution in [0, 0.1) is 0 Å². The van der Waals surface area contributed by atoms with Gasteiger partial charge in [0.25, 0.3) is 0 Å². The van der Waals surface area contributed by atoms with Gasteiger partial charge in [0.05, 0.1) is 0 Å². The van der Waals surface area contributed by atoms with Crippen LogP contribution in [0.25, 0.3) is 0 Å². The minimum Gasteiger partial charge on any atom is -0.315 e. The Labute approximate surface area is 85.3 Å². The van der Waals surface area contributed by atoms with Crippen LogP contribution < -0.4 is 5.32 Å². The molecule has 0 radical (unpaired) electrons. The quantitative estimate of drug-likeness (QED) is 0.620. The van der Waals surface area contributed by atoms with Gasteiger partial charge >= 0.3 is 0 Å². The molecule has 1 nitrogen and oxygen atoms in total. The first-order chi connectivity index (χ1) is 6.18. The van der Waals surface area contributed by atoms with Crippen LogP contribution in [-0.4, -0.2) is 12.6 Å². The highest BCUT2D eigenvalue weighted by molar-refractivity contribution is 4.48. The molecular weight excluding hydrogens is 158 g/mol. The van der Waals surface area contributed by atoms with Crippen LogP contribution in [0.15, 0.2) is 0 Å². The van der Waals surface area contributed by atoms with E-state index in [1.54, 1.807) is 0 Å². The van der Waals surface area contributed by atoms with Gasteiger partial charge in [-0.1, -0.05) is 60.3 Å². The molecule has 0 heterocycles. The van der Waals surface area contributed by atoms with Crippen LogP contribution in [0.5, 0.6) is 0 Å². The minimum absolute atomic E-state index is 0.653. The third-order valence-corrected chi connectivity index (χ3v) is 1.76. The van der Waals surface area contributed by atoms with Crippen molar-refractivity contribution in [3.05, 3.63) is 0 Å². The van der Waals surface area contributed by atoms with Crippen molar-refractivity contribution >= 4 is 0 Å². The number of hydrogen-bond acceptors (Lipinski definition) is 1. The fraction of sp³-hybridized carbons (Fsp3) is 1.00. The van der Waals surface area contributed by atoms with Crippen LogP contribution in [-0.2, 0) is 0 Å². The van der Waals surface area contributed by atoms with E-state index in [1.165, 1.54) is 32.1 Å². The third kappa shape index (κ3) is 24.5. The SMILES string of the molecule is CCCCCC.CCCNC(C)C. The zero-order valence-corrected chi connectivity index (χ0v) is 10.3. The molecule has 0 aromatic heterocycles. The summed E-state index contributed by atoms with van der Waals surface area (Å²) in [6.07, 6.45) is 6.77. The molecule has 0 bridgehead atoms. The summed E-state index contributed by atoms with van der Waals surface area (Å²) in [6.45, 7) is 12.1. The van der Waals surface area contributed by atoms with Gasteiger partial charge < -0.3 is 5.32 Å². The predicted octanol–water partition coefficient (Wildman–Crippen LogP) is 3.98. The summed E-state index contributed by atoms with van der Waals surface area (Å²) < 4.78 is 0. The summed E-state index contributed by atoms with van der Waals surface area (Å²) in [6, 6.07) is 0.653. The average molecular weight is 187 g/mol. The maximum atomic E-state index is 3.30. The summed E-state index contributed by atoms with van der Waals surface area (Å²) in [5.41, 5.74) is 0. The lowest BCUT2D eigenvalue weighted by molar-refractivity contribution is 0.584. The third-order valence-electron chi connectivity index (χ3n) is 1.76. The number of nitrogens with one attached hydrogen (secondary N) is 1. The topological polar surface area (TPSA) is 12.0 Å². The van der Waals surface area contributed by atoms with Gasteiger partial charge in [-0.15, -0.1) is 0 Å². The second-order valence-electron chi connectivity index (χ2n) is 3.82. The number of rotatable bonds is 6. The molecule has 0 rings (SSSR count). The van der Waals surface area contributed by atoms with Crippen molar-refractivity contribution in [1.82, 2.24) is 5.32 Å². The Morgan fingerprint density at radius 2 is 1.31 bits per heavy atom. The van der Waals surface area contributed by atoms with Gasteiger partial charge in [-0.2, -0.15) is 0 Å². The molecule has 1 N–H and O–H groups in total. The van der Waals surface area contributed by atoms with Gasteiger partial charge in [-0.3, -0.25) is 0 Å². The standard InChI is InChI=1S/C6H15N.C6H14/c1-4-5-7-6(2)3;1-3-5-6-4-2/h6-7H,4-5H2,1-3H3;3-6H2,1-2H3. The molecule has 13 heavy (non-hydrogen) atoms. The highest BCUT2D eigenvalue weighted by atomic mass is 14.9. The van der Waals surface area contributed by atoms with Crippen molar-refractivity contribution in [2.45, 2.75) is 72.8 Å².